The van der Waals surface area contributed by atoms with Crippen molar-refractivity contribution in [1.29, 1.82) is 0 Å². The first-order valence-electron chi connectivity index (χ1n) is 7.96. The molecular weight excluding hydrogens is 323 g/mol. The van der Waals surface area contributed by atoms with Crippen molar-refractivity contribution in [1.82, 2.24) is 14.9 Å². The Morgan fingerprint density at radius 1 is 1.21 bits per heavy atom. The highest BCUT2D eigenvalue weighted by Crippen LogP contribution is 2.28. The summed E-state index contributed by atoms with van der Waals surface area (Å²) < 4.78 is 14.2. The molecule has 0 unspecified atom stereocenters. The summed E-state index contributed by atoms with van der Waals surface area (Å²) >= 11 is 1.69. The van der Waals surface area contributed by atoms with Gasteiger partial charge >= 0.3 is 0 Å². The number of nitrogens with one attached hydrogen (secondary N) is 1. The normalized spacial score (nSPS) is 11.4. The molecule has 0 atom stereocenters. The van der Waals surface area contributed by atoms with E-state index in [4.69, 9.17) is 0 Å². The van der Waals surface area contributed by atoms with Crippen molar-refractivity contribution in [3.63, 3.8) is 0 Å². The zero-order valence-electron chi connectivity index (χ0n) is 14.1. The number of aromatic nitrogens is 2. The smallest absolute Gasteiger partial charge is 0.138 e. The van der Waals surface area contributed by atoms with Crippen LogP contribution in [0.2, 0.25) is 0 Å². The maximum atomic E-state index is 14.2. The monoisotopic (exact) mass is 344 g/mol. The molecule has 0 aliphatic rings. The summed E-state index contributed by atoms with van der Waals surface area (Å²) in [5, 5.41) is 4.34. The van der Waals surface area contributed by atoms with Crippen LogP contribution in [0.4, 0.5) is 10.2 Å². The molecule has 2 aromatic heterocycles. The predicted octanol–water partition coefficient (Wildman–Crippen LogP) is 4.07. The van der Waals surface area contributed by atoms with Gasteiger partial charge in [0.2, 0.25) is 0 Å². The zero-order valence-corrected chi connectivity index (χ0v) is 15.0. The van der Waals surface area contributed by atoms with E-state index in [1.54, 1.807) is 23.7 Å². The van der Waals surface area contributed by atoms with E-state index in [1.165, 1.54) is 4.88 Å². The molecule has 0 radical (unpaired) electrons. The molecule has 0 amide bonds. The Balaban J connectivity index is 1.76. The minimum atomic E-state index is -0.167. The summed E-state index contributed by atoms with van der Waals surface area (Å²) in [6.07, 6.45) is 2.56. The fourth-order valence-corrected chi connectivity index (χ4v) is 3.51. The average Bonchev–Trinajstić information content (AvgIpc) is 2.98. The largest absolute Gasteiger partial charge is 0.365 e. The highest BCUT2D eigenvalue weighted by atomic mass is 32.1. The molecule has 0 bridgehead atoms. The molecule has 3 rings (SSSR count). The molecule has 0 spiro atoms. The van der Waals surface area contributed by atoms with Crippen molar-refractivity contribution < 1.29 is 4.39 Å². The number of halogens is 1. The molecule has 0 saturated carbocycles. The van der Waals surface area contributed by atoms with E-state index < -0.39 is 0 Å². The van der Waals surface area contributed by atoms with Crippen molar-refractivity contribution in [3.8, 4) is 0 Å². The van der Waals surface area contributed by atoms with Gasteiger partial charge in [0, 0.05) is 23.5 Å². The summed E-state index contributed by atoms with van der Waals surface area (Å²) in [6.45, 7) is 3.26. The van der Waals surface area contributed by atoms with Crippen LogP contribution >= 0.6 is 11.3 Å². The molecule has 0 aliphatic carbocycles. The van der Waals surface area contributed by atoms with Crippen LogP contribution in [-0.4, -0.2) is 29.0 Å². The van der Waals surface area contributed by atoms with Gasteiger partial charge in [-0.2, -0.15) is 0 Å². The minimum absolute atomic E-state index is 0.167. The van der Waals surface area contributed by atoms with Crippen molar-refractivity contribution in [2.24, 2.45) is 0 Å². The van der Waals surface area contributed by atoms with Gasteiger partial charge in [-0.25, -0.2) is 14.4 Å². The van der Waals surface area contributed by atoms with E-state index in [0.29, 0.717) is 18.7 Å². The molecular formula is C18H21FN4S. The average molecular weight is 344 g/mol. The van der Waals surface area contributed by atoms with Gasteiger partial charge in [0.1, 0.15) is 22.8 Å². The summed E-state index contributed by atoms with van der Waals surface area (Å²) in [4.78, 5) is 12.9. The summed E-state index contributed by atoms with van der Waals surface area (Å²) in [6, 6.07) is 7.53. The van der Waals surface area contributed by atoms with E-state index in [0.717, 1.165) is 28.0 Å². The van der Waals surface area contributed by atoms with Gasteiger partial charge in [-0.15, -0.1) is 11.3 Å². The molecule has 24 heavy (non-hydrogen) atoms. The number of aryl methyl sites for hydroxylation is 1. The molecule has 1 aromatic carbocycles. The number of benzene rings is 1. The van der Waals surface area contributed by atoms with Crippen LogP contribution in [0.1, 0.15) is 22.9 Å². The van der Waals surface area contributed by atoms with Crippen molar-refractivity contribution in [2.45, 2.75) is 26.4 Å². The number of nitrogens with zero attached hydrogens (tertiary/aromatic N) is 3. The summed E-state index contributed by atoms with van der Waals surface area (Å²) in [5.74, 6) is 0.633. The SMILES string of the molecule is CCc1cc2c(NCc3ccc(CN(C)C)c(F)c3)ncnc2s1. The summed E-state index contributed by atoms with van der Waals surface area (Å²) in [5.41, 5.74) is 1.60. The maximum Gasteiger partial charge on any atom is 0.138 e. The second-order valence-electron chi connectivity index (χ2n) is 6.02. The number of thiophene rings is 1. The lowest BCUT2D eigenvalue weighted by atomic mass is 10.1. The van der Waals surface area contributed by atoms with E-state index in [2.05, 4.69) is 28.3 Å². The van der Waals surface area contributed by atoms with Crippen LogP contribution in [0.5, 0.6) is 0 Å². The Hall–Kier alpha value is -2.05. The van der Waals surface area contributed by atoms with Gasteiger partial charge in [-0.1, -0.05) is 19.1 Å². The Morgan fingerprint density at radius 2 is 2.04 bits per heavy atom. The van der Waals surface area contributed by atoms with Gasteiger partial charge in [0.05, 0.1) is 5.39 Å². The van der Waals surface area contributed by atoms with Crippen molar-refractivity contribution in [3.05, 3.63) is 52.4 Å². The number of anilines is 1. The molecule has 0 fully saturated rings. The number of fused-ring (bicyclic) bond motifs is 1. The second-order valence-corrected chi connectivity index (χ2v) is 7.14. The maximum absolute atomic E-state index is 14.2. The number of hydrogen-bond donors (Lipinski definition) is 1. The van der Waals surface area contributed by atoms with Gasteiger partial charge in [0.25, 0.3) is 0 Å². The van der Waals surface area contributed by atoms with Crippen LogP contribution in [0.25, 0.3) is 10.2 Å². The van der Waals surface area contributed by atoms with Crippen LogP contribution in [0, 0.1) is 5.82 Å². The fourth-order valence-electron chi connectivity index (χ4n) is 2.58. The fraction of sp³-hybridized carbons (Fsp3) is 0.333. The van der Waals surface area contributed by atoms with Gasteiger partial charge in [-0.05, 0) is 38.2 Å². The Bertz CT molecular complexity index is 844. The third kappa shape index (κ3) is 3.71. The molecule has 1 N–H and O–H groups in total. The first-order chi connectivity index (χ1) is 11.6. The van der Waals surface area contributed by atoms with Crippen molar-refractivity contribution in [2.75, 3.05) is 19.4 Å². The lowest BCUT2D eigenvalue weighted by Crippen LogP contribution is -2.12. The molecule has 4 nitrogen and oxygen atoms in total. The van der Waals surface area contributed by atoms with E-state index in [1.807, 2.05) is 31.1 Å². The standard InChI is InChI=1S/C18H21FN4S/c1-4-14-8-15-17(21-11-22-18(15)24-14)20-9-12-5-6-13(10-23(2)3)16(19)7-12/h5-8,11H,4,9-10H2,1-3H3,(H,20,21,22). The highest BCUT2D eigenvalue weighted by molar-refractivity contribution is 7.18. The summed E-state index contributed by atoms with van der Waals surface area (Å²) in [7, 11) is 3.86. The zero-order chi connectivity index (χ0) is 17.1. The van der Waals surface area contributed by atoms with E-state index in [9.17, 15) is 4.39 Å². The lowest BCUT2D eigenvalue weighted by molar-refractivity contribution is 0.392. The quantitative estimate of drug-likeness (QED) is 0.732. The van der Waals surface area contributed by atoms with Crippen LogP contribution < -0.4 is 5.32 Å². The first kappa shape index (κ1) is 16.8. The lowest BCUT2D eigenvalue weighted by Gasteiger charge is -2.12. The first-order valence-corrected chi connectivity index (χ1v) is 8.77. The van der Waals surface area contributed by atoms with Crippen LogP contribution in [0.3, 0.4) is 0 Å². The number of hydrogen-bond acceptors (Lipinski definition) is 5. The van der Waals surface area contributed by atoms with Crippen LogP contribution in [0.15, 0.2) is 30.6 Å². The van der Waals surface area contributed by atoms with Crippen LogP contribution in [-0.2, 0) is 19.5 Å². The molecule has 0 aliphatic heterocycles. The molecule has 2 heterocycles. The topological polar surface area (TPSA) is 41.0 Å². The van der Waals surface area contributed by atoms with Gasteiger partial charge in [-0.3, -0.25) is 0 Å². The highest BCUT2D eigenvalue weighted by Gasteiger charge is 2.09. The van der Waals surface area contributed by atoms with E-state index in [-0.39, 0.29) is 5.82 Å². The third-order valence-corrected chi connectivity index (χ3v) is 4.98. The van der Waals surface area contributed by atoms with Gasteiger partial charge in [0.15, 0.2) is 0 Å². The number of rotatable bonds is 6. The Morgan fingerprint density at radius 3 is 2.75 bits per heavy atom. The minimum Gasteiger partial charge on any atom is -0.365 e. The Kier molecular flexibility index (Phi) is 5.06. The Labute approximate surface area is 145 Å². The predicted molar refractivity (Wildman–Crippen MR) is 97.9 cm³/mol. The van der Waals surface area contributed by atoms with Crippen molar-refractivity contribution >= 4 is 27.4 Å². The molecule has 6 heteroatoms. The van der Waals surface area contributed by atoms with Gasteiger partial charge < -0.3 is 10.2 Å². The molecule has 126 valence electrons. The van der Waals surface area contributed by atoms with E-state index >= 15 is 0 Å². The third-order valence-electron chi connectivity index (χ3n) is 3.79. The molecule has 0 saturated heterocycles. The molecule has 3 aromatic rings. The second kappa shape index (κ2) is 7.23.